The van der Waals surface area contributed by atoms with Crippen molar-refractivity contribution in [1.29, 1.82) is 0 Å². The molecule has 0 spiro atoms. The molecule has 1 aromatic carbocycles. The first-order valence-corrected chi connectivity index (χ1v) is 9.57. The number of carbonyl (C=O) groups excluding carboxylic acids is 1. The van der Waals surface area contributed by atoms with E-state index in [2.05, 4.69) is 10.1 Å². The summed E-state index contributed by atoms with van der Waals surface area (Å²) in [5, 5.41) is 4.41. The lowest BCUT2D eigenvalue weighted by atomic mass is 9.95. The highest BCUT2D eigenvalue weighted by atomic mass is 19.1. The molecule has 1 amide bonds. The molecule has 29 heavy (non-hydrogen) atoms. The van der Waals surface area contributed by atoms with Crippen LogP contribution in [0.25, 0.3) is 11.3 Å². The summed E-state index contributed by atoms with van der Waals surface area (Å²) < 4.78 is 14.8. The van der Waals surface area contributed by atoms with Crippen LogP contribution >= 0.6 is 0 Å². The molecule has 148 valence electrons. The molecule has 0 aliphatic carbocycles. The van der Waals surface area contributed by atoms with Gasteiger partial charge in [-0.1, -0.05) is 0 Å². The lowest BCUT2D eigenvalue weighted by Gasteiger charge is -2.37. The fraction of sp³-hybridized carbons (Fsp3) is 0.273. The Morgan fingerprint density at radius 3 is 2.83 bits per heavy atom. The number of hydrogen-bond acceptors (Lipinski definition) is 4. The van der Waals surface area contributed by atoms with E-state index in [9.17, 15) is 14.0 Å². The van der Waals surface area contributed by atoms with Crippen molar-refractivity contribution in [2.24, 2.45) is 0 Å². The van der Waals surface area contributed by atoms with Crippen molar-refractivity contribution in [3.05, 3.63) is 76.6 Å². The molecule has 1 aliphatic heterocycles. The zero-order valence-electron chi connectivity index (χ0n) is 16.2. The van der Waals surface area contributed by atoms with Gasteiger partial charge in [0.2, 0.25) is 0 Å². The van der Waals surface area contributed by atoms with Crippen LogP contribution in [0.4, 0.5) is 10.1 Å². The van der Waals surface area contributed by atoms with Gasteiger partial charge < -0.3 is 4.90 Å². The summed E-state index contributed by atoms with van der Waals surface area (Å²) in [6.07, 6.45) is 4.75. The molecular formula is C22H21FN4O2. The molecule has 1 aliphatic rings. The van der Waals surface area contributed by atoms with E-state index >= 15 is 0 Å². The van der Waals surface area contributed by atoms with E-state index in [-0.39, 0.29) is 23.3 Å². The van der Waals surface area contributed by atoms with Gasteiger partial charge in [-0.3, -0.25) is 14.6 Å². The van der Waals surface area contributed by atoms with Crippen molar-refractivity contribution in [2.45, 2.75) is 38.8 Å². The topological polar surface area (TPSA) is 68.1 Å². The van der Waals surface area contributed by atoms with Crippen molar-refractivity contribution >= 4 is 11.6 Å². The Bertz CT molecular complexity index is 1110. The molecule has 0 saturated carbocycles. The predicted octanol–water partition coefficient (Wildman–Crippen LogP) is 3.37. The number of carbonyl (C=O) groups is 1. The van der Waals surface area contributed by atoms with E-state index in [1.165, 1.54) is 22.9 Å². The lowest BCUT2D eigenvalue weighted by Crippen LogP contribution is -2.47. The normalized spacial score (nSPS) is 16.9. The number of benzene rings is 1. The first-order valence-electron chi connectivity index (χ1n) is 9.57. The monoisotopic (exact) mass is 392 g/mol. The van der Waals surface area contributed by atoms with Crippen LogP contribution in [-0.2, 0) is 11.2 Å². The van der Waals surface area contributed by atoms with Crippen LogP contribution in [-0.4, -0.2) is 26.7 Å². The largest absolute Gasteiger partial charge is 0.308 e. The number of fused-ring (bicyclic) bond motifs is 1. The van der Waals surface area contributed by atoms with Gasteiger partial charge in [0, 0.05) is 35.8 Å². The number of nitrogens with zero attached hydrogens (tertiary/aromatic N) is 4. The van der Waals surface area contributed by atoms with Crippen LogP contribution in [0.2, 0.25) is 0 Å². The molecule has 0 radical (unpaired) electrons. The Kier molecular flexibility index (Phi) is 4.96. The van der Waals surface area contributed by atoms with Crippen LogP contribution in [0.3, 0.4) is 0 Å². The number of aryl methyl sites for hydroxylation is 1. The van der Waals surface area contributed by atoms with E-state index in [1.54, 1.807) is 42.4 Å². The molecular weight excluding hydrogens is 371 g/mol. The number of amides is 1. The fourth-order valence-electron chi connectivity index (χ4n) is 3.73. The van der Waals surface area contributed by atoms with Gasteiger partial charge in [0.1, 0.15) is 11.9 Å². The fourth-order valence-corrected chi connectivity index (χ4v) is 3.73. The third-order valence-corrected chi connectivity index (χ3v) is 5.32. The number of halogens is 1. The Balaban J connectivity index is 1.71. The van der Waals surface area contributed by atoms with E-state index in [0.717, 1.165) is 17.5 Å². The molecule has 3 heterocycles. The van der Waals surface area contributed by atoms with Gasteiger partial charge in [0.05, 0.1) is 5.69 Å². The zero-order valence-corrected chi connectivity index (χ0v) is 16.2. The second-order valence-electron chi connectivity index (χ2n) is 7.29. The van der Waals surface area contributed by atoms with Gasteiger partial charge in [-0.05, 0) is 68.7 Å². The second-order valence-corrected chi connectivity index (χ2v) is 7.29. The van der Waals surface area contributed by atoms with Crippen LogP contribution in [0.5, 0.6) is 0 Å². The number of pyridine rings is 1. The highest BCUT2D eigenvalue weighted by Crippen LogP contribution is 2.32. The molecule has 3 aromatic rings. The molecule has 4 rings (SSSR count). The third-order valence-electron chi connectivity index (χ3n) is 5.32. The Hall–Kier alpha value is -3.35. The standard InChI is InChI=1S/C22H21FN4O2/c1-14-5-6-16-12-18(23)7-9-20(16)26(14)22(29)15(2)27-21(28)10-8-19(25-27)17-4-3-11-24-13-17/h3-4,7-15H,5-6H2,1-2H3. The third kappa shape index (κ3) is 3.55. The average Bonchev–Trinajstić information content (AvgIpc) is 2.74. The van der Waals surface area contributed by atoms with Crippen LogP contribution in [0.1, 0.15) is 31.9 Å². The number of aromatic nitrogens is 3. The van der Waals surface area contributed by atoms with Crippen LogP contribution in [0.15, 0.2) is 59.7 Å². The Morgan fingerprint density at radius 1 is 1.24 bits per heavy atom. The SMILES string of the molecule is CC1CCc2cc(F)ccc2N1C(=O)C(C)n1nc(-c2cccnc2)ccc1=O. The summed E-state index contributed by atoms with van der Waals surface area (Å²) in [6.45, 7) is 3.62. The predicted molar refractivity (Wildman–Crippen MR) is 108 cm³/mol. The lowest BCUT2D eigenvalue weighted by molar-refractivity contribution is -0.122. The van der Waals surface area contributed by atoms with Gasteiger partial charge >= 0.3 is 0 Å². The number of anilines is 1. The summed E-state index contributed by atoms with van der Waals surface area (Å²) >= 11 is 0. The Labute approximate surface area is 167 Å². The summed E-state index contributed by atoms with van der Waals surface area (Å²) in [4.78, 5) is 31.6. The molecule has 2 aromatic heterocycles. The second kappa shape index (κ2) is 7.58. The van der Waals surface area contributed by atoms with Crippen LogP contribution < -0.4 is 10.5 Å². The van der Waals surface area contributed by atoms with E-state index in [1.807, 2.05) is 13.0 Å². The highest BCUT2D eigenvalue weighted by molar-refractivity contribution is 5.97. The van der Waals surface area contributed by atoms with Crippen molar-refractivity contribution in [3.63, 3.8) is 0 Å². The summed E-state index contributed by atoms with van der Waals surface area (Å²) in [5.74, 6) is -0.566. The molecule has 2 unspecified atom stereocenters. The quantitative estimate of drug-likeness (QED) is 0.685. The minimum Gasteiger partial charge on any atom is -0.308 e. The molecule has 6 nitrogen and oxygen atoms in total. The first-order chi connectivity index (χ1) is 14.0. The maximum Gasteiger partial charge on any atom is 0.267 e. The molecule has 0 N–H and O–H groups in total. The summed E-state index contributed by atoms with van der Waals surface area (Å²) in [5.41, 5.74) is 2.45. The molecule has 7 heteroatoms. The van der Waals surface area contributed by atoms with Crippen molar-refractivity contribution in [1.82, 2.24) is 14.8 Å². The van der Waals surface area contributed by atoms with Gasteiger partial charge in [0.25, 0.3) is 11.5 Å². The smallest absolute Gasteiger partial charge is 0.267 e. The van der Waals surface area contributed by atoms with Gasteiger partial charge in [-0.2, -0.15) is 5.10 Å². The number of hydrogen-bond donors (Lipinski definition) is 0. The van der Waals surface area contributed by atoms with Gasteiger partial charge in [0.15, 0.2) is 0 Å². The van der Waals surface area contributed by atoms with Gasteiger partial charge in [-0.15, -0.1) is 0 Å². The highest BCUT2D eigenvalue weighted by Gasteiger charge is 2.32. The summed E-state index contributed by atoms with van der Waals surface area (Å²) in [6, 6.07) is 10.2. The Morgan fingerprint density at radius 2 is 2.07 bits per heavy atom. The zero-order chi connectivity index (χ0) is 20.5. The minimum atomic E-state index is -0.808. The van der Waals surface area contributed by atoms with Gasteiger partial charge in [-0.25, -0.2) is 9.07 Å². The van der Waals surface area contributed by atoms with Crippen molar-refractivity contribution < 1.29 is 9.18 Å². The van der Waals surface area contributed by atoms with E-state index < -0.39 is 6.04 Å². The average molecular weight is 392 g/mol. The molecule has 0 saturated heterocycles. The first kappa shape index (κ1) is 19.0. The minimum absolute atomic E-state index is 0.0554. The van der Waals surface area contributed by atoms with Crippen molar-refractivity contribution in [2.75, 3.05) is 4.90 Å². The molecule has 0 fully saturated rings. The maximum atomic E-state index is 13.6. The van der Waals surface area contributed by atoms with Crippen LogP contribution in [0, 0.1) is 5.82 Å². The summed E-state index contributed by atoms with van der Waals surface area (Å²) in [7, 11) is 0. The van der Waals surface area contributed by atoms with Crippen molar-refractivity contribution in [3.8, 4) is 11.3 Å². The molecule has 0 bridgehead atoms. The van der Waals surface area contributed by atoms with E-state index in [4.69, 9.17) is 0 Å². The number of rotatable bonds is 3. The molecule has 2 atom stereocenters. The maximum absolute atomic E-state index is 13.6. The van der Waals surface area contributed by atoms with E-state index in [0.29, 0.717) is 17.8 Å².